The molecule has 0 bridgehead atoms. The molecule has 1 saturated carbocycles. The van der Waals surface area contributed by atoms with E-state index in [0.29, 0.717) is 29.2 Å². The standard InChI is InChI=1S/C24H37FN4O2SSi/c1-24(2,3)33(6,7)31-19-9-8-17(12-19)28-22-16(15-27-23(29-22)32-5)14-26-21-11-10-18(30-4)13-20(21)25/h10-11,13,15,17,19,26H,8-9,12,14H2,1-7H3,(H,27,28,29)/t17-,19-/m1/s1. The third kappa shape index (κ3) is 6.61. The van der Waals surface area contributed by atoms with Crippen molar-refractivity contribution >= 4 is 31.6 Å². The lowest BCUT2D eigenvalue weighted by Gasteiger charge is -2.38. The summed E-state index contributed by atoms with van der Waals surface area (Å²) in [5.41, 5.74) is 1.32. The molecule has 1 aliphatic carbocycles. The fourth-order valence-electron chi connectivity index (χ4n) is 3.66. The van der Waals surface area contributed by atoms with E-state index in [4.69, 9.17) is 14.1 Å². The molecule has 3 rings (SSSR count). The molecule has 0 unspecified atom stereocenters. The molecule has 1 aliphatic rings. The van der Waals surface area contributed by atoms with E-state index >= 15 is 0 Å². The smallest absolute Gasteiger partial charge is 0.192 e. The van der Waals surface area contributed by atoms with Crippen molar-refractivity contribution in [2.75, 3.05) is 24.0 Å². The van der Waals surface area contributed by atoms with Crippen LogP contribution in [0.3, 0.4) is 0 Å². The van der Waals surface area contributed by atoms with Gasteiger partial charge < -0.3 is 19.8 Å². The average molecular weight is 493 g/mol. The summed E-state index contributed by atoms with van der Waals surface area (Å²) in [4.78, 5) is 9.13. The molecule has 6 nitrogen and oxygen atoms in total. The van der Waals surface area contributed by atoms with Crippen molar-refractivity contribution in [3.05, 3.63) is 35.8 Å². The molecule has 0 aliphatic heterocycles. The van der Waals surface area contributed by atoms with Gasteiger partial charge in [-0.3, -0.25) is 0 Å². The summed E-state index contributed by atoms with van der Waals surface area (Å²) in [5, 5.41) is 7.70. The van der Waals surface area contributed by atoms with E-state index in [1.807, 2.05) is 12.5 Å². The van der Waals surface area contributed by atoms with Crippen molar-refractivity contribution in [3.63, 3.8) is 0 Å². The van der Waals surface area contributed by atoms with Gasteiger partial charge >= 0.3 is 0 Å². The molecule has 33 heavy (non-hydrogen) atoms. The summed E-state index contributed by atoms with van der Waals surface area (Å²) in [6, 6.07) is 5.08. The van der Waals surface area contributed by atoms with Gasteiger partial charge in [-0.25, -0.2) is 14.4 Å². The SMILES string of the molecule is COc1ccc(NCc2cnc(SC)nc2N[C@@H]2CC[C@@H](O[Si](C)(C)C(C)(C)C)C2)c(F)c1. The van der Waals surface area contributed by atoms with Crippen LogP contribution in [0, 0.1) is 5.82 Å². The Balaban J connectivity index is 1.68. The molecule has 0 saturated heterocycles. The molecule has 2 N–H and O–H groups in total. The molecule has 9 heteroatoms. The molecular formula is C24H37FN4O2SSi. The fraction of sp³-hybridized carbons (Fsp3) is 0.583. The zero-order valence-electron chi connectivity index (χ0n) is 20.8. The number of thioether (sulfide) groups is 1. The van der Waals surface area contributed by atoms with E-state index in [1.54, 1.807) is 12.1 Å². The van der Waals surface area contributed by atoms with Crippen LogP contribution < -0.4 is 15.4 Å². The lowest BCUT2D eigenvalue weighted by molar-refractivity contribution is 0.187. The zero-order valence-corrected chi connectivity index (χ0v) is 22.6. The van der Waals surface area contributed by atoms with E-state index in [9.17, 15) is 4.39 Å². The summed E-state index contributed by atoms with van der Waals surface area (Å²) < 4.78 is 26.1. The molecule has 2 atom stereocenters. The van der Waals surface area contributed by atoms with E-state index < -0.39 is 8.32 Å². The van der Waals surface area contributed by atoms with Crippen LogP contribution in [0.25, 0.3) is 0 Å². The highest BCUT2D eigenvalue weighted by atomic mass is 32.2. The van der Waals surface area contributed by atoms with E-state index in [1.165, 1.54) is 24.9 Å². The highest BCUT2D eigenvalue weighted by molar-refractivity contribution is 7.98. The Labute approximate surface area is 202 Å². The predicted octanol–water partition coefficient (Wildman–Crippen LogP) is 6.31. The van der Waals surface area contributed by atoms with Gasteiger partial charge in [0.25, 0.3) is 0 Å². The van der Waals surface area contributed by atoms with Crippen LogP contribution in [0.5, 0.6) is 5.75 Å². The maximum Gasteiger partial charge on any atom is 0.192 e. The first-order chi connectivity index (χ1) is 15.5. The second kappa shape index (κ2) is 10.6. The number of aromatic nitrogens is 2. The van der Waals surface area contributed by atoms with Crippen molar-refractivity contribution in [2.45, 2.75) is 82.0 Å². The Morgan fingerprint density at radius 2 is 2.00 bits per heavy atom. The van der Waals surface area contributed by atoms with Crippen LogP contribution in [0.1, 0.15) is 45.6 Å². The molecule has 1 fully saturated rings. The molecule has 0 amide bonds. The van der Waals surface area contributed by atoms with Gasteiger partial charge in [-0.15, -0.1) is 0 Å². The highest BCUT2D eigenvalue weighted by Crippen LogP contribution is 2.40. The number of methoxy groups -OCH3 is 1. The number of ether oxygens (including phenoxy) is 1. The second-order valence-corrected chi connectivity index (χ2v) is 15.6. The fourth-order valence-corrected chi connectivity index (χ4v) is 5.41. The number of nitrogens with zero attached hydrogens (tertiary/aromatic N) is 2. The number of benzene rings is 1. The zero-order chi connectivity index (χ0) is 24.2. The molecule has 182 valence electrons. The van der Waals surface area contributed by atoms with Gasteiger partial charge in [0.05, 0.1) is 12.8 Å². The average Bonchev–Trinajstić information content (AvgIpc) is 3.18. The minimum absolute atomic E-state index is 0.202. The number of anilines is 2. The molecule has 0 radical (unpaired) electrons. The van der Waals surface area contributed by atoms with Gasteiger partial charge in [-0.05, 0) is 55.8 Å². The van der Waals surface area contributed by atoms with Gasteiger partial charge in [-0.2, -0.15) is 0 Å². The largest absolute Gasteiger partial charge is 0.497 e. The normalized spacial score (nSPS) is 18.9. The molecule has 0 spiro atoms. The third-order valence-corrected chi connectivity index (χ3v) is 11.8. The summed E-state index contributed by atoms with van der Waals surface area (Å²) in [6.07, 6.45) is 7.11. The number of nitrogens with one attached hydrogen (secondary N) is 2. The first-order valence-electron chi connectivity index (χ1n) is 11.4. The van der Waals surface area contributed by atoms with E-state index in [0.717, 1.165) is 30.6 Å². The summed E-state index contributed by atoms with van der Waals surface area (Å²) in [7, 11) is -0.268. The number of halogens is 1. The first-order valence-corrected chi connectivity index (χ1v) is 15.6. The summed E-state index contributed by atoms with van der Waals surface area (Å²) in [5.74, 6) is 0.935. The lowest BCUT2D eigenvalue weighted by Crippen LogP contribution is -2.43. The van der Waals surface area contributed by atoms with Crippen LogP contribution in [0.2, 0.25) is 18.1 Å². The Bertz CT molecular complexity index is 955. The van der Waals surface area contributed by atoms with Crippen molar-refractivity contribution < 1.29 is 13.6 Å². The van der Waals surface area contributed by atoms with Crippen molar-refractivity contribution in [1.82, 2.24) is 9.97 Å². The highest BCUT2D eigenvalue weighted by Gasteiger charge is 2.40. The molecule has 1 aromatic heterocycles. The Morgan fingerprint density at radius 3 is 2.64 bits per heavy atom. The van der Waals surface area contributed by atoms with Crippen LogP contribution in [-0.4, -0.2) is 43.8 Å². The topological polar surface area (TPSA) is 68.3 Å². The van der Waals surface area contributed by atoms with Crippen molar-refractivity contribution in [2.24, 2.45) is 0 Å². The number of rotatable bonds is 9. The predicted molar refractivity (Wildman–Crippen MR) is 137 cm³/mol. The third-order valence-electron chi connectivity index (χ3n) is 6.66. The second-order valence-electron chi connectivity index (χ2n) is 10.1. The van der Waals surface area contributed by atoms with Gasteiger partial charge in [0.1, 0.15) is 17.4 Å². The lowest BCUT2D eigenvalue weighted by atomic mass is 10.2. The van der Waals surface area contributed by atoms with Crippen LogP contribution in [0.15, 0.2) is 29.6 Å². The molecule has 2 aromatic rings. The summed E-state index contributed by atoms with van der Waals surface area (Å²) in [6.45, 7) is 11.9. The maximum absolute atomic E-state index is 14.3. The Kier molecular flexibility index (Phi) is 8.29. The monoisotopic (exact) mass is 492 g/mol. The van der Waals surface area contributed by atoms with Gasteiger partial charge in [0, 0.05) is 36.5 Å². The van der Waals surface area contributed by atoms with Crippen LogP contribution in [-0.2, 0) is 11.0 Å². The van der Waals surface area contributed by atoms with Gasteiger partial charge in [0.2, 0.25) is 0 Å². The number of hydrogen-bond acceptors (Lipinski definition) is 7. The van der Waals surface area contributed by atoms with Crippen LogP contribution in [0.4, 0.5) is 15.9 Å². The van der Waals surface area contributed by atoms with Gasteiger partial charge in [-0.1, -0.05) is 32.5 Å². The first kappa shape index (κ1) is 25.8. The maximum atomic E-state index is 14.3. The van der Waals surface area contributed by atoms with Crippen LogP contribution >= 0.6 is 11.8 Å². The minimum atomic E-state index is -1.79. The van der Waals surface area contributed by atoms with E-state index in [-0.39, 0.29) is 17.0 Å². The molecule has 1 heterocycles. The van der Waals surface area contributed by atoms with Crippen molar-refractivity contribution in [1.29, 1.82) is 0 Å². The minimum Gasteiger partial charge on any atom is -0.497 e. The Hall–Kier alpha value is -1.84. The van der Waals surface area contributed by atoms with Gasteiger partial charge in [0.15, 0.2) is 13.5 Å². The molecular weight excluding hydrogens is 455 g/mol. The quantitative estimate of drug-likeness (QED) is 0.241. The molecule has 1 aromatic carbocycles. The van der Waals surface area contributed by atoms with Crippen molar-refractivity contribution in [3.8, 4) is 5.75 Å². The summed E-state index contributed by atoms with van der Waals surface area (Å²) >= 11 is 1.51. The Morgan fingerprint density at radius 1 is 1.24 bits per heavy atom. The van der Waals surface area contributed by atoms with E-state index in [2.05, 4.69) is 49.5 Å². The number of hydrogen-bond donors (Lipinski definition) is 2.